The van der Waals surface area contributed by atoms with Gasteiger partial charge in [0.1, 0.15) is 6.10 Å². The van der Waals surface area contributed by atoms with Crippen molar-refractivity contribution >= 4 is 16.4 Å². The van der Waals surface area contributed by atoms with E-state index in [9.17, 15) is 0 Å². The number of hydrogen-bond acceptors (Lipinski definition) is 4. The van der Waals surface area contributed by atoms with E-state index in [1.165, 1.54) is 10.8 Å². The van der Waals surface area contributed by atoms with Crippen LogP contribution in [0.15, 0.2) is 60.8 Å². The first-order valence-electron chi connectivity index (χ1n) is 9.54. The topological polar surface area (TPSA) is 42.7 Å². The van der Waals surface area contributed by atoms with Crippen LogP contribution in [0.3, 0.4) is 0 Å². The number of aromatic nitrogens is 3. The molecule has 1 aliphatic heterocycles. The number of likely N-dealkylation sites (N-methyl/N-ethyl adjacent to an activating group) is 1. The van der Waals surface area contributed by atoms with E-state index in [-0.39, 0.29) is 6.10 Å². The molecule has 27 heavy (non-hydrogen) atoms. The van der Waals surface area contributed by atoms with Gasteiger partial charge < -0.3 is 4.74 Å². The highest BCUT2D eigenvalue weighted by Gasteiger charge is 2.23. The molecule has 2 aromatic carbocycles. The smallest absolute Gasteiger partial charge is 0.232 e. The van der Waals surface area contributed by atoms with E-state index in [2.05, 4.69) is 59.3 Å². The first-order chi connectivity index (χ1) is 13.3. The van der Waals surface area contributed by atoms with Crippen molar-refractivity contribution in [1.82, 2.24) is 19.5 Å². The molecule has 1 fully saturated rings. The summed E-state index contributed by atoms with van der Waals surface area (Å²) in [6.07, 6.45) is 3.15. The zero-order chi connectivity index (χ0) is 18.2. The summed E-state index contributed by atoms with van der Waals surface area (Å²) in [4.78, 5) is 6.94. The molecule has 0 bridgehead atoms. The van der Waals surface area contributed by atoms with Crippen molar-refractivity contribution in [3.63, 3.8) is 0 Å². The third-order valence-corrected chi connectivity index (χ3v) is 5.37. The number of nitrogens with zero attached hydrogens (tertiary/aromatic N) is 4. The molecular formula is C22H22N4O. The molecule has 0 amide bonds. The summed E-state index contributed by atoms with van der Waals surface area (Å²) in [7, 11) is 0. The van der Waals surface area contributed by atoms with Gasteiger partial charge in [0.15, 0.2) is 5.65 Å². The zero-order valence-corrected chi connectivity index (χ0v) is 15.4. The maximum absolute atomic E-state index is 6.16. The molecule has 1 aliphatic rings. The molecule has 0 radical (unpaired) electrons. The van der Waals surface area contributed by atoms with Gasteiger partial charge in [-0.2, -0.15) is 0 Å². The number of ether oxygens (including phenoxy) is 1. The Balaban J connectivity index is 1.54. The lowest BCUT2D eigenvalue weighted by atomic mass is 10.0. The number of hydrogen-bond donors (Lipinski definition) is 0. The second-order valence-electron chi connectivity index (χ2n) is 7.03. The molecule has 5 rings (SSSR count). The van der Waals surface area contributed by atoms with E-state index in [1.54, 1.807) is 0 Å². The summed E-state index contributed by atoms with van der Waals surface area (Å²) in [5.41, 5.74) is 2.93. The number of imidazole rings is 1. The maximum Gasteiger partial charge on any atom is 0.232 e. The Morgan fingerprint density at radius 3 is 2.85 bits per heavy atom. The van der Waals surface area contributed by atoms with Crippen LogP contribution in [0, 0.1) is 0 Å². The molecule has 0 N–H and O–H groups in total. The predicted octanol–water partition coefficient (Wildman–Crippen LogP) is 4.02. The Morgan fingerprint density at radius 2 is 1.96 bits per heavy atom. The zero-order valence-electron chi connectivity index (χ0n) is 15.4. The van der Waals surface area contributed by atoms with Gasteiger partial charge in [-0.25, -0.2) is 9.50 Å². The van der Waals surface area contributed by atoms with E-state index in [1.807, 2.05) is 22.8 Å². The SMILES string of the molecule is CCN1CCC(Oc2ccc3ncc(-c4cccc5ccccc45)n3n2)C1. The third kappa shape index (κ3) is 2.94. The highest BCUT2D eigenvalue weighted by Crippen LogP contribution is 2.29. The predicted molar refractivity (Wildman–Crippen MR) is 107 cm³/mol. The molecule has 3 heterocycles. The van der Waals surface area contributed by atoms with Gasteiger partial charge in [-0.3, -0.25) is 4.90 Å². The summed E-state index contributed by atoms with van der Waals surface area (Å²) < 4.78 is 8.05. The molecule has 5 nitrogen and oxygen atoms in total. The molecule has 0 aliphatic carbocycles. The number of rotatable bonds is 4. The lowest BCUT2D eigenvalue weighted by Gasteiger charge is -2.14. The average Bonchev–Trinajstić information content (AvgIpc) is 3.34. The summed E-state index contributed by atoms with van der Waals surface area (Å²) in [6, 6.07) is 18.6. The molecule has 0 saturated carbocycles. The Hall–Kier alpha value is -2.92. The molecule has 136 valence electrons. The van der Waals surface area contributed by atoms with Crippen molar-refractivity contribution in [1.29, 1.82) is 0 Å². The van der Waals surface area contributed by atoms with Gasteiger partial charge in [0.2, 0.25) is 5.88 Å². The standard InChI is InChI=1S/C22H22N4O/c1-2-25-13-12-17(15-25)27-22-11-10-21-23-14-20(26(21)24-22)19-9-5-7-16-6-3-4-8-18(16)19/h3-11,14,17H,2,12-13,15H2,1H3. The van der Waals surface area contributed by atoms with E-state index >= 15 is 0 Å². The van der Waals surface area contributed by atoms with E-state index in [4.69, 9.17) is 9.84 Å². The Labute approximate surface area is 158 Å². The van der Waals surface area contributed by atoms with Crippen molar-refractivity contribution in [3.05, 3.63) is 60.8 Å². The van der Waals surface area contributed by atoms with Gasteiger partial charge in [-0.05, 0) is 29.8 Å². The van der Waals surface area contributed by atoms with E-state index in [0.29, 0.717) is 5.88 Å². The first-order valence-corrected chi connectivity index (χ1v) is 9.54. The van der Waals surface area contributed by atoms with Gasteiger partial charge >= 0.3 is 0 Å². The van der Waals surface area contributed by atoms with Gasteiger partial charge in [-0.15, -0.1) is 5.10 Å². The minimum Gasteiger partial charge on any atom is -0.472 e. The monoisotopic (exact) mass is 358 g/mol. The molecule has 1 saturated heterocycles. The lowest BCUT2D eigenvalue weighted by Crippen LogP contribution is -2.24. The summed E-state index contributed by atoms with van der Waals surface area (Å²) in [6.45, 7) is 5.32. The fourth-order valence-corrected chi connectivity index (χ4v) is 3.90. The highest BCUT2D eigenvalue weighted by molar-refractivity contribution is 5.96. The number of fused-ring (bicyclic) bond motifs is 2. The number of benzene rings is 2. The van der Waals surface area contributed by atoms with Crippen molar-refractivity contribution in [2.75, 3.05) is 19.6 Å². The van der Waals surface area contributed by atoms with Crippen molar-refractivity contribution in [2.45, 2.75) is 19.4 Å². The van der Waals surface area contributed by atoms with Crippen LogP contribution in [-0.2, 0) is 0 Å². The van der Waals surface area contributed by atoms with Gasteiger partial charge in [-0.1, -0.05) is 49.4 Å². The van der Waals surface area contributed by atoms with Gasteiger partial charge in [0.05, 0.1) is 11.9 Å². The Kier molecular flexibility index (Phi) is 4.02. The number of likely N-dealkylation sites (tertiary alicyclic amines) is 1. The maximum atomic E-state index is 6.16. The molecule has 5 heteroatoms. The van der Waals surface area contributed by atoms with E-state index in [0.717, 1.165) is 43.0 Å². The molecule has 2 aromatic heterocycles. The second kappa shape index (κ2) is 6.67. The van der Waals surface area contributed by atoms with E-state index < -0.39 is 0 Å². The highest BCUT2D eigenvalue weighted by atomic mass is 16.5. The van der Waals surface area contributed by atoms with Crippen LogP contribution in [0.4, 0.5) is 0 Å². The fourth-order valence-electron chi connectivity index (χ4n) is 3.90. The average molecular weight is 358 g/mol. The molecular weight excluding hydrogens is 336 g/mol. The van der Waals surface area contributed by atoms with Crippen LogP contribution in [0.1, 0.15) is 13.3 Å². The molecule has 0 spiro atoms. The second-order valence-corrected chi connectivity index (χ2v) is 7.03. The largest absolute Gasteiger partial charge is 0.472 e. The van der Waals surface area contributed by atoms with Crippen LogP contribution >= 0.6 is 0 Å². The molecule has 4 aromatic rings. The van der Waals surface area contributed by atoms with Crippen LogP contribution in [0.25, 0.3) is 27.7 Å². The minimum atomic E-state index is 0.208. The molecule has 1 atom stereocenters. The van der Waals surface area contributed by atoms with Gasteiger partial charge in [0.25, 0.3) is 0 Å². The quantitative estimate of drug-likeness (QED) is 0.553. The summed E-state index contributed by atoms with van der Waals surface area (Å²) in [5, 5.41) is 7.16. The fraction of sp³-hybridized carbons (Fsp3) is 0.273. The third-order valence-electron chi connectivity index (χ3n) is 5.37. The minimum absolute atomic E-state index is 0.208. The van der Waals surface area contributed by atoms with Crippen LogP contribution in [-0.4, -0.2) is 45.2 Å². The van der Waals surface area contributed by atoms with Crippen LogP contribution in [0.5, 0.6) is 5.88 Å². The Morgan fingerprint density at radius 1 is 1.07 bits per heavy atom. The molecule has 1 unspecified atom stereocenters. The van der Waals surface area contributed by atoms with Crippen molar-refractivity contribution in [3.8, 4) is 17.1 Å². The van der Waals surface area contributed by atoms with Crippen LogP contribution in [0.2, 0.25) is 0 Å². The van der Waals surface area contributed by atoms with Gasteiger partial charge in [0, 0.05) is 24.7 Å². The summed E-state index contributed by atoms with van der Waals surface area (Å²) >= 11 is 0. The lowest BCUT2D eigenvalue weighted by molar-refractivity contribution is 0.192. The van der Waals surface area contributed by atoms with Crippen molar-refractivity contribution < 1.29 is 4.74 Å². The van der Waals surface area contributed by atoms with Crippen LogP contribution < -0.4 is 4.74 Å². The summed E-state index contributed by atoms with van der Waals surface area (Å²) in [5.74, 6) is 0.657. The normalized spacial score (nSPS) is 17.7. The Bertz CT molecular complexity index is 1100. The first kappa shape index (κ1) is 16.3. The van der Waals surface area contributed by atoms with Crippen molar-refractivity contribution in [2.24, 2.45) is 0 Å².